The number of amides is 2. The molecule has 0 spiro atoms. The van der Waals surface area contributed by atoms with Crippen LogP contribution >= 0.6 is 11.6 Å². The summed E-state index contributed by atoms with van der Waals surface area (Å²) in [5, 5.41) is 0.609. The standard InChI is InChI=1S/C23H22ClNO4/c1-14-2-11-19-20(12-14)23(28)25(22(19)27)17-7-9-18(10-8-17)29-21(26)13-15-3-5-16(24)6-4-15/h3-10,14,19-20H,2,11-13H2,1H3. The lowest BCUT2D eigenvalue weighted by molar-refractivity contribution is -0.133. The highest BCUT2D eigenvalue weighted by Crippen LogP contribution is 2.42. The van der Waals surface area contributed by atoms with E-state index in [1.165, 1.54) is 4.90 Å². The maximum absolute atomic E-state index is 12.8. The number of halogens is 1. The Morgan fingerprint density at radius 2 is 1.66 bits per heavy atom. The van der Waals surface area contributed by atoms with Crippen molar-refractivity contribution in [3.05, 3.63) is 59.1 Å². The van der Waals surface area contributed by atoms with Gasteiger partial charge >= 0.3 is 5.97 Å². The molecule has 2 aliphatic rings. The fourth-order valence-corrected chi connectivity index (χ4v) is 4.37. The molecule has 0 bridgehead atoms. The lowest BCUT2D eigenvalue weighted by Crippen LogP contribution is -2.30. The maximum Gasteiger partial charge on any atom is 0.315 e. The van der Waals surface area contributed by atoms with Crippen molar-refractivity contribution in [3.63, 3.8) is 0 Å². The maximum atomic E-state index is 12.8. The highest BCUT2D eigenvalue weighted by molar-refractivity contribution is 6.30. The van der Waals surface area contributed by atoms with Crippen molar-refractivity contribution in [2.45, 2.75) is 32.6 Å². The molecule has 2 amide bonds. The number of imide groups is 1. The van der Waals surface area contributed by atoms with Crippen LogP contribution < -0.4 is 9.64 Å². The SMILES string of the molecule is CC1CCC2C(=O)N(c3ccc(OC(=O)Cc4ccc(Cl)cc4)cc3)C(=O)C2C1. The van der Waals surface area contributed by atoms with Gasteiger partial charge in [0.2, 0.25) is 11.8 Å². The van der Waals surface area contributed by atoms with Gasteiger partial charge in [-0.15, -0.1) is 0 Å². The average molecular weight is 412 g/mol. The molecule has 5 nitrogen and oxygen atoms in total. The van der Waals surface area contributed by atoms with Gasteiger partial charge in [0, 0.05) is 5.02 Å². The topological polar surface area (TPSA) is 63.7 Å². The first-order chi connectivity index (χ1) is 13.9. The van der Waals surface area contributed by atoms with E-state index in [1.54, 1.807) is 48.5 Å². The van der Waals surface area contributed by atoms with Crippen molar-refractivity contribution in [2.24, 2.45) is 17.8 Å². The number of anilines is 1. The van der Waals surface area contributed by atoms with Crippen LogP contribution in [-0.4, -0.2) is 17.8 Å². The summed E-state index contributed by atoms with van der Waals surface area (Å²) in [5.74, 6) is -0.182. The van der Waals surface area contributed by atoms with E-state index in [-0.39, 0.29) is 30.1 Å². The first-order valence-corrected chi connectivity index (χ1v) is 10.2. The zero-order valence-corrected chi connectivity index (χ0v) is 16.9. The van der Waals surface area contributed by atoms with Crippen molar-refractivity contribution in [1.82, 2.24) is 0 Å². The van der Waals surface area contributed by atoms with E-state index in [0.717, 1.165) is 24.8 Å². The van der Waals surface area contributed by atoms with Crippen LogP contribution in [0, 0.1) is 17.8 Å². The number of hydrogen-bond acceptors (Lipinski definition) is 4. The lowest BCUT2D eigenvalue weighted by Gasteiger charge is -2.25. The normalized spacial score (nSPS) is 23.8. The lowest BCUT2D eigenvalue weighted by atomic mass is 9.76. The van der Waals surface area contributed by atoms with Gasteiger partial charge in [0.05, 0.1) is 23.9 Å². The highest BCUT2D eigenvalue weighted by atomic mass is 35.5. The molecule has 1 heterocycles. The summed E-state index contributed by atoms with van der Waals surface area (Å²) in [6, 6.07) is 13.5. The highest BCUT2D eigenvalue weighted by Gasteiger charge is 2.49. The average Bonchev–Trinajstić information content (AvgIpc) is 2.94. The van der Waals surface area contributed by atoms with Crippen LogP contribution in [0.1, 0.15) is 31.7 Å². The van der Waals surface area contributed by atoms with Gasteiger partial charge in [-0.1, -0.05) is 30.7 Å². The van der Waals surface area contributed by atoms with Crippen molar-refractivity contribution in [2.75, 3.05) is 4.90 Å². The molecule has 2 fully saturated rings. The second-order valence-electron chi connectivity index (χ2n) is 7.91. The minimum Gasteiger partial charge on any atom is -0.426 e. The predicted molar refractivity (Wildman–Crippen MR) is 110 cm³/mol. The van der Waals surface area contributed by atoms with E-state index >= 15 is 0 Å². The van der Waals surface area contributed by atoms with Crippen LogP contribution in [0.2, 0.25) is 5.02 Å². The summed E-state index contributed by atoms with van der Waals surface area (Å²) in [4.78, 5) is 39.0. The van der Waals surface area contributed by atoms with E-state index in [4.69, 9.17) is 16.3 Å². The van der Waals surface area contributed by atoms with Gasteiger partial charge in [0.25, 0.3) is 0 Å². The Hall–Kier alpha value is -2.66. The molecule has 1 aliphatic carbocycles. The monoisotopic (exact) mass is 411 g/mol. The van der Waals surface area contributed by atoms with Crippen LogP contribution in [0.15, 0.2) is 48.5 Å². The molecule has 1 saturated heterocycles. The summed E-state index contributed by atoms with van der Waals surface area (Å²) in [7, 11) is 0. The van der Waals surface area contributed by atoms with Gasteiger partial charge in [-0.2, -0.15) is 0 Å². The van der Waals surface area contributed by atoms with Crippen molar-refractivity contribution < 1.29 is 19.1 Å². The third kappa shape index (κ3) is 4.06. The summed E-state index contributed by atoms with van der Waals surface area (Å²) in [5.41, 5.74) is 1.33. The number of rotatable bonds is 4. The van der Waals surface area contributed by atoms with E-state index < -0.39 is 5.97 Å². The molecule has 6 heteroatoms. The Labute approximate surface area is 174 Å². The molecule has 0 radical (unpaired) electrons. The first-order valence-electron chi connectivity index (χ1n) is 9.85. The number of carbonyl (C=O) groups excluding carboxylic acids is 3. The summed E-state index contributed by atoms with van der Waals surface area (Å²) >= 11 is 5.85. The molecule has 1 saturated carbocycles. The Kier molecular flexibility index (Phi) is 5.41. The minimum absolute atomic E-state index is 0.112. The molecule has 29 heavy (non-hydrogen) atoms. The van der Waals surface area contributed by atoms with E-state index in [9.17, 15) is 14.4 Å². The molecule has 150 valence electrons. The fourth-order valence-electron chi connectivity index (χ4n) is 4.24. The number of ether oxygens (including phenoxy) is 1. The summed E-state index contributed by atoms with van der Waals surface area (Å²) in [6.45, 7) is 2.13. The zero-order valence-electron chi connectivity index (χ0n) is 16.1. The number of fused-ring (bicyclic) bond motifs is 1. The van der Waals surface area contributed by atoms with Gasteiger partial charge in [0.15, 0.2) is 0 Å². The molecular weight excluding hydrogens is 390 g/mol. The number of nitrogens with zero attached hydrogens (tertiary/aromatic N) is 1. The quantitative estimate of drug-likeness (QED) is 0.424. The smallest absolute Gasteiger partial charge is 0.315 e. The molecule has 2 aromatic rings. The molecular formula is C23H22ClNO4. The largest absolute Gasteiger partial charge is 0.426 e. The van der Waals surface area contributed by atoms with Gasteiger partial charge in [-0.25, -0.2) is 0 Å². The van der Waals surface area contributed by atoms with Crippen LogP contribution in [0.4, 0.5) is 5.69 Å². The number of esters is 1. The second kappa shape index (κ2) is 7.99. The van der Waals surface area contributed by atoms with E-state index in [2.05, 4.69) is 6.92 Å². The predicted octanol–water partition coefficient (Wildman–Crippen LogP) is 4.41. The Bertz CT molecular complexity index is 938. The molecule has 4 rings (SSSR count). The molecule has 2 aromatic carbocycles. The third-order valence-electron chi connectivity index (χ3n) is 5.78. The molecule has 0 aromatic heterocycles. The van der Waals surface area contributed by atoms with Crippen molar-refractivity contribution in [1.29, 1.82) is 0 Å². The fraction of sp³-hybridized carbons (Fsp3) is 0.348. The van der Waals surface area contributed by atoms with Crippen LogP contribution in [0.5, 0.6) is 5.75 Å². The zero-order chi connectivity index (χ0) is 20.5. The molecule has 0 N–H and O–H groups in total. The number of carbonyl (C=O) groups is 3. The van der Waals surface area contributed by atoms with Gasteiger partial charge in [-0.05, 0) is 67.1 Å². The van der Waals surface area contributed by atoms with Crippen molar-refractivity contribution >= 4 is 35.1 Å². The van der Waals surface area contributed by atoms with Crippen molar-refractivity contribution in [3.8, 4) is 5.75 Å². The number of benzene rings is 2. The van der Waals surface area contributed by atoms with E-state index in [0.29, 0.717) is 22.4 Å². The summed E-state index contributed by atoms with van der Waals surface area (Å²) < 4.78 is 5.37. The Morgan fingerprint density at radius 1 is 1.00 bits per heavy atom. The second-order valence-corrected chi connectivity index (χ2v) is 8.35. The third-order valence-corrected chi connectivity index (χ3v) is 6.03. The van der Waals surface area contributed by atoms with Gasteiger partial charge < -0.3 is 4.74 Å². The molecule has 3 unspecified atom stereocenters. The van der Waals surface area contributed by atoms with E-state index in [1.807, 2.05) is 0 Å². The van der Waals surface area contributed by atoms with Crippen LogP contribution in [0.25, 0.3) is 0 Å². The first kappa shape index (κ1) is 19.6. The Balaban J connectivity index is 1.42. The van der Waals surface area contributed by atoms with Gasteiger partial charge in [-0.3, -0.25) is 19.3 Å². The Morgan fingerprint density at radius 3 is 2.34 bits per heavy atom. The minimum atomic E-state index is -0.395. The van der Waals surface area contributed by atoms with Gasteiger partial charge in [0.1, 0.15) is 5.75 Å². The summed E-state index contributed by atoms with van der Waals surface area (Å²) in [6.07, 6.45) is 2.65. The van der Waals surface area contributed by atoms with Crippen LogP contribution in [0.3, 0.4) is 0 Å². The number of hydrogen-bond donors (Lipinski definition) is 0. The van der Waals surface area contributed by atoms with Crippen LogP contribution in [-0.2, 0) is 20.8 Å². The molecule has 1 aliphatic heterocycles. The molecule has 3 atom stereocenters.